The Labute approximate surface area is 166 Å². The lowest BCUT2D eigenvalue weighted by molar-refractivity contribution is -0.112. The van der Waals surface area contributed by atoms with Crippen molar-refractivity contribution >= 4 is 28.3 Å². The molecule has 0 bridgehead atoms. The summed E-state index contributed by atoms with van der Waals surface area (Å²) >= 11 is 1.42. The summed E-state index contributed by atoms with van der Waals surface area (Å²) in [5.41, 5.74) is 2.07. The van der Waals surface area contributed by atoms with Crippen LogP contribution in [-0.4, -0.2) is 12.5 Å². The lowest BCUT2D eigenvalue weighted by Crippen LogP contribution is -2.13. The number of carbonyl (C=O) groups excluding carboxylic acids is 1. The number of rotatable bonds is 5. The zero-order valence-corrected chi connectivity index (χ0v) is 15.8. The fraction of sp³-hybridized carbons (Fsp3) is 0.238. The normalized spacial score (nSPS) is 12.8. The first kappa shape index (κ1) is 19.2. The zero-order chi connectivity index (χ0) is 19.9. The highest BCUT2D eigenvalue weighted by Gasteiger charge is 2.22. The molecule has 1 aromatic carbocycles. The average Bonchev–Trinajstić information content (AvgIpc) is 3.07. The molecular formula is C21H16N4O2S. The summed E-state index contributed by atoms with van der Waals surface area (Å²) in [5.74, 6) is -0.0772. The maximum Gasteiger partial charge on any atom is 0.266 e. The first-order valence-corrected chi connectivity index (χ1v) is 9.55. The number of fused-ring (bicyclic) bond motifs is 1. The number of ether oxygens (including phenoxy) is 1. The Kier molecular flexibility index (Phi) is 6.07. The van der Waals surface area contributed by atoms with Gasteiger partial charge in [-0.1, -0.05) is 12.1 Å². The third-order valence-electron chi connectivity index (χ3n) is 4.35. The van der Waals surface area contributed by atoms with E-state index in [0.717, 1.165) is 36.1 Å². The number of nitrogens with one attached hydrogen (secondary N) is 1. The summed E-state index contributed by atoms with van der Waals surface area (Å²) in [7, 11) is 0. The van der Waals surface area contributed by atoms with Crippen LogP contribution in [0.1, 0.15) is 34.4 Å². The molecule has 0 spiro atoms. The topological polar surface area (TPSA) is 110 Å². The molecule has 1 aliphatic carbocycles. The maximum atomic E-state index is 12.6. The number of aryl methyl sites for hydroxylation is 1. The van der Waals surface area contributed by atoms with Crippen LogP contribution >= 0.6 is 11.3 Å². The van der Waals surface area contributed by atoms with Gasteiger partial charge in [-0.2, -0.15) is 15.8 Å². The van der Waals surface area contributed by atoms with Gasteiger partial charge in [-0.15, -0.1) is 11.3 Å². The van der Waals surface area contributed by atoms with Crippen LogP contribution in [0.15, 0.2) is 29.8 Å². The minimum Gasteiger partial charge on any atom is -0.479 e. The van der Waals surface area contributed by atoms with Gasteiger partial charge in [0.2, 0.25) is 0 Å². The summed E-state index contributed by atoms with van der Waals surface area (Å²) < 4.78 is 5.24. The molecule has 1 aliphatic rings. The second-order valence-corrected chi connectivity index (χ2v) is 7.28. The summed E-state index contributed by atoms with van der Waals surface area (Å²) in [6, 6.07) is 12.8. The highest BCUT2D eigenvalue weighted by atomic mass is 32.1. The smallest absolute Gasteiger partial charge is 0.266 e. The van der Waals surface area contributed by atoms with Gasteiger partial charge < -0.3 is 10.1 Å². The zero-order valence-electron chi connectivity index (χ0n) is 15.0. The van der Waals surface area contributed by atoms with Crippen LogP contribution in [0, 0.1) is 34.0 Å². The molecule has 1 heterocycles. The van der Waals surface area contributed by atoms with Crippen LogP contribution < -0.4 is 10.1 Å². The number of hydrogen-bond acceptors (Lipinski definition) is 6. The van der Waals surface area contributed by atoms with Crippen molar-refractivity contribution in [1.29, 1.82) is 15.8 Å². The molecule has 0 fully saturated rings. The Bertz CT molecular complexity index is 1060. The highest BCUT2D eigenvalue weighted by molar-refractivity contribution is 7.16. The van der Waals surface area contributed by atoms with E-state index in [2.05, 4.69) is 11.4 Å². The molecule has 0 saturated carbocycles. The van der Waals surface area contributed by atoms with Crippen molar-refractivity contribution in [2.75, 3.05) is 11.9 Å². The van der Waals surface area contributed by atoms with Crippen LogP contribution in [0.2, 0.25) is 0 Å². The number of benzene rings is 1. The first-order valence-electron chi connectivity index (χ1n) is 8.74. The van der Waals surface area contributed by atoms with E-state index in [1.807, 2.05) is 12.1 Å². The van der Waals surface area contributed by atoms with Crippen molar-refractivity contribution in [3.8, 4) is 24.0 Å². The number of hydrogen-bond donors (Lipinski definition) is 1. The van der Waals surface area contributed by atoms with E-state index in [9.17, 15) is 15.3 Å². The molecule has 1 amide bonds. The molecular weight excluding hydrogens is 372 g/mol. The number of anilines is 1. The SMILES string of the molecule is N#CCOc1cccc(C=C(C#N)C(=O)Nc2sc3c(c2C#N)CCCC3)c1. The van der Waals surface area contributed by atoms with Gasteiger partial charge in [-0.3, -0.25) is 4.79 Å². The largest absolute Gasteiger partial charge is 0.479 e. The summed E-state index contributed by atoms with van der Waals surface area (Å²) in [6.45, 7) is -0.0846. The third-order valence-corrected chi connectivity index (χ3v) is 5.55. The van der Waals surface area contributed by atoms with Crippen molar-refractivity contribution < 1.29 is 9.53 Å². The number of nitrogens with zero attached hydrogens (tertiary/aromatic N) is 3. The fourth-order valence-corrected chi connectivity index (χ4v) is 4.30. The van der Waals surface area contributed by atoms with Crippen molar-refractivity contribution in [1.82, 2.24) is 0 Å². The summed E-state index contributed by atoms with van der Waals surface area (Å²) in [6.07, 6.45) is 5.34. The fourth-order valence-electron chi connectivity index (χ4n) is 3.07. The molecule has 7 heteroatoms. The van der Waals surface area contributed by atoms with Crippen molar-refractivity contribution in [2.24, 2.45) is 0 Å². The van der Waals surface area contributed by atoms with Gasteiger partial charge in [0.1, 0.15) is 34.5 Å². The molecule has 0 atom stereocenters. The van der Waals surface area contributed by atoms with Gasteiger partial charge in [-0.25, -0.2) is 0 Å². The van der Waals surface area contributed by atoms with Gasteiger partial charge in [0, 0.05) is 4.88 Å². The van der Waals surface area contributed by atoms with E-state index in [1.54, 1.807) is 24.3 Å². The molecule has 6 nitrogen and oxygen atoms in total. The highest BCUT2D eigenvalue weighted by Crippen LogP contribution is 2.37. The van der Waals surface area contributed by atoms with Crippen LogP contribution in [-0.2, 0) is 17.6 Å². The molecule has 0 radical (unpaired) electrons. The molecule has 0 aliphatic heterocycles. The standard InChI is InChI=1S/C21H16N4O2S/c22-8-9-27-16-5-3-4-14(11-16)10-15(12-23)20(26)25-21-18(13-24)17-6-1-2-7-19(17)28-21/h3-5,10-11H,1-2,6-7,9H2,(H,25,26). The minimum absolute atomic E-state index is 0.0762. The van der Waals surface area contributed by atoms with E-state index in [-0.39, 0.29) is 12.2 Å². The van der Waals surface area contributed by atoms with Crippen LogP contribution in [0.25, 0.3) is 6.08 Å². The molecule has 1 N–H and O–H groups in total. The quantitative estimate of drug-likeness (QED) is 0.616. The number of thiophene rings is 1. The van der Waals surface area contributed by atoms with Gasteiger partial charge in [0.25, 0.3) is 5.91 Å². The average molecular weight is 388 g/mol. The Balaban J connectivity index is 1.83. The van der Waals surface area contributed by atoms with E-state index in [1.165, 1.54) is 17.4 Å². The van der Waals surface area contributed by atoms with E-state index >= 15 is 0 Å². The second kappa shape index (κ2) is 8.86. The minimum atomic E-state index is -0.555. The summed E-state index contributed by atoms with van der Waals surface area (Å²) in [5, 5.41) is 30.7. The monoisotopic (exact) mass is 388 g/mol. The second-order valence-electron chi connectivity index (χ2n) is 6.17. The van der Waals surface area contributed by atoms with Crippen molar-refractivity contribution in [3.63, 3.8) is 0 Å². The molecule has 28 heavy (non-hydrogen) atoms. The predicted octanol–water partition coefficient (Wildman–Crippen LogP) is 3.95. The van der Waals surface area contributed by atoms with Crippen molar-refractivity contribution in [2.45, 2.75) is 25.7 Å². The van der Waals surface area contributed by atoms with Crippen LogP contribution in [0.3, 0.4) is 0 Å². The first-order chi connectivity index (χ1) is 13.7. The Morgan fingerprint density at radius 3 is 2.82 bits per heavy atom. The van der Waals surface area contributed by atoms with Gasteiger partial charge in [-0.05, 0) is 55.0 Å². The molecule has 0 unspecified atom stereocenters. The van der Waals surface area contributed by atoms with E-state index in [4.69, 9.17) is 10.00 Å². The predicted molar refractivity (Wildman–Crippen MR) is 105 cm³/mol. The summed E-state index contributed by atoms with van der Waals surface area (Å²) in [4.78, 5) is 13.7. The number of carbonyl (C=O) groups is 1. The van der Waals surface area contributed by atoms with Crippen LogP contribution in [0.4, 0.5) is 5.00 Å². The van der Waals surface area contributed by atoms with Crippen molar-refractivity contribution in [3.05, 3.63) is 51.4 Å². The molecule has 2 aromatic rings. The Hall–Kier alpha value is -3.60. The maximum absolute atomic E-state index is 12.6. The number of nitriles is 3. The lowest BCUT2D eigenvalue weighted by Gasteiger charge is -2.09. The Morgan fingerprint density at radius 1 is 1.25 bits per heavy atom. The van der Waals surface area contributed by atoms with Gasteiger partial charge in [0.15, 0.2) is 6.61 Å². The van der Waals surface area contributed by atoms with Crippen LogP contribution in [0.5, 0.6) is 5.75 Å². The molecule has 3 rings (SSSR count). The van der Waals surface area contributed by atoms with E-state index in [0.29, 0.717) is 21.9 Å². The lowest BCUT2D eigenvalue weighted by atomic mass is 9.96. The van der Waals surface area contributed by atoms with Gasteiger partial charge in [0.05, 0.1) is 5.56 Å². The molecule has 138 valence electrons. The van der Waals surface area contributed by atoms with E-state index < -0.39 is 5.91 Å². The van der Waals surface area contributed by atoms with Gasteiger partial charge >= 0.3 is 0 Å². The number of amides is 1. The Morgan fingerprint density at radius 2 is 2.07 bits per heavy atom. The molecule has 1 aromatic heterocycles. The third kappa shape index (κ3) is 4.20. The molecule has 0 saturated heterocycles.